The molecule has 6 rings (SSSR count). The molecule has 0 aliphatic carbocycles. The monoisotopic (exact) mass is 628 g/mol. The van der Waals surface area contributed by atoms with Gasteiger partial charge in [0.2, 0.25) is 11.8 Å². The number of carbonyl (C=O) groups excluding carboxylic acids is 2. The van der Waals surface area contributed by atoms with E-state index in [1.807, 2.05) is 72.8 Å². The van der Waals surface area contributed by atoms with Gasteiger partial charge in [0.15, 0.2) is 0 Å². The number of aromatic nitrogens is 2. The maximum absolute atomic E-state index is 13.9. The first kappa shape index (κ1) is 29.4. The van der Waals surface area contributed by atoms with Gasteiger partial charge >= 0.3 is 0 Å². The maximum atomic E-state index is 13.9. The van der Waals surface area contributed by atoms with Crippen LogP contribution in [0.5, 0.6) is 11.5 Å². The Balaban J connectivity index is 1.56. The van der Waals surface area contributed by atoms with Gasteiger partial charge in [0.05, 0.1) is 49.4 Å². The fraction of sp³-hybridized carbons (Fsp3) is 0.182. The van der Waals surface area contributed by atoms with Crippen LogP contribution < -0.4 is 19.7 Å². The lowest BCUT2D eigenvalue weighted by atomic mass is 9.99. The molecule has 224 valence electrons. The number of carbonyl (C=O) groups is 2. The van der Waals surface area contributed by atoms with Gasteiger partial charge in [0.25, 0.3) is 0 Å². The van der Waals surface area contributed by atoms with Crippen LogP contribution in [0.3, 0.4) is 0 Å². The molecule has 0 unspecified atom stereocenters. The fourth-order valence-corrected chi connectivity index (χ4v) is 6.52. The summed E-state index contributed by atoms with van der Waals surface area (Å²) in [6.45, 7) is -0.0132. The summed E-state index contributed by atoms with van der Waals surface area (Å²) in [5.74, 6) is 2.05. The number of amides is 2. The average Bonchev–Trinajstić information content (AvgIpc) is 3.69. The molecule has 1 aliphatic heterocycles. The van der Waals surface area contributed by atoms with Crippen LogP contribution >= 0.6 is 23.4 Å². The van der Waals surface area contributed by atoms with Crippen LogP contribution in [0.1, 0.15) is 22.1 Å². The number of hydrogen-bond acceptors (Lipinski definition) is 7. The van der Waals surface area contributed by atoms with Gasteiger partial charge in [-0.15, -0.1) is 11.8 Å². The number of ether oxygens (including phenoxy) is 2. The van der Waals surface area contributed by atoms with Gasteiger partial charge in [-0.2, -0.15) is 5.10 Å². The predicted molar refractivity (Wildman–Crippen MR) is 171 cm³/mol. The van der Waals surface area contributed by atoms with Crippen molar-refractivity contribution in [3.8, 4) is 28.4 Å². The topological polar surface area (TPSA) is 98.8 Å². The number of fused-ring (bicyclic) bond motifs is 1. The van der Waals surface area contributed by atoms with Crippen molar-refractivity contribution in [2.24, 2.45) is 0 Å². The largest absolute Gasteiger partial charge is 0.497 e. The highest BCUT2D eigenvalue weighted by Gasteiger charge is 2.38. The van der Waals surface area contributed by atoms with E-state index in [9.17, 15) is 9.59 Å². The Hall–Kier alpha value is -4.67. The van der Waals surface area contributed by atoms with Crippen molar-refractivity contribution < 1.29 is 23.5 Å². The smallest absolute Gasteiger partial charge is 0.240 e. The second-order valence-corrected chi connectivity index (χ2v) is 11.5. The third-order valence-corrected chi connectivity index (χ3v) is 8.78. The van der Waals surface area contributed by atoms with E-state index in [0.29, 0.717) is 39.5 Å². The molecule has 0 spiro atoms. The van der Waals surface area contributed by atoms with E-state index in [2.05, 4.69) is 5.32 Å². The van der Waals surface area contributed by atoms with Gasteiger partial charge in [-0.05, 0) is 54.6 Å². The Bertz CT molecular complexity index is 1770. The second-order valence-electron chi connectivity index (χ2n) is 9.97. The molecule has 44 heavy (non-hydrogen) atoms. The molecule has 0 bridgehead atoms. The zero-order valence-electron chi connectivity index (χ0n) is 24.0. The van der Waals surface area contributed by atoms with Gasteiger partial charge in [-0.3, -0.25) is 14.5 Å². The molecule has 0 fully saturated rings. The summed E-state index contributed by atoms with van der Waals surface area (Å²) in [6, 6.07) is 26.1. The fourth-order valence-electron chi connectivity index (χ4n) is 5.17. The number of anilines is 1. The molecule has 0 radical (unpaired) electrons. The number of thioether (sulfide) groups is 1. The third-order valence-electron chi connectivity index (χ3n) is 7.29. The van der Waals surface area contributed by atoms with Crippen molar-refractivity contribution in [3.63, 3.8) is 0 Å². The number of hydrogen-bond donors (Lipinski definition) is 1. The van der Waals surface area contributed by atoms with E-state index in [-0.39, 0.29) is 35.9 Å². The molecule has 2 aromatic heterocycles. The summed E-state index contributed by atoms with van der Waals surface area (Å²) in [5, 5.41) is 8.22. The van der Waals surface area contributed by atoms with Crippen molar-refractivity contribution in [1.82, 2.24) is 15.1 Å². The van der Waals surface area contributed by atoms with Crippen molar-refractivity contribution in [2.75, 3.05) is 31.4 Å². The van der Waals surface area contributed by atoms with Crippen molar-refractivity contribution in [1.29, 1.82) is 0 Å². The Labute approximate surface area is 263 Å². The number of halogens is 1. The number of furan rings is 1. The van der Waals surface area contributed by atoms with E-state index < -0.39 is 0 Å². The molecule has 9 nitrogen and oxygen atoms in total. The summed E-state index contributed by atoms with van der Waals surface area (Å²) in [7, 11) is 3.23. The highest BCUT2D eigenvalue weighted by molar-refractivity contribution is 8.00. The van der Waals surface area contributed by atoms with Crippen LogP contribution in [0.15, 0.2) is 95.6 Å². The number of rotatable bonds is 9. The molecule has 1 N–H and O–H groups in total. The summed E-state index contributed by atoms with van der Waals surface area (Å²) < 4.78 is 18.3. The van der Waals surface area contributed by atoms with Crippen molar-refractivity contribution in [3.05, 3.63) is 113 Å². The Morgan fingerprint density at radius 1 is 1.02 bits per heavy atom. The van der Waals surface area contributed by atoms with Crippen LogP contribution in [0.4, 0.5) is 5.82 Å². The predicted octanol–water partition coefficient (Wildman–Crippen LogP) is 6.29. The van der Waals surface area contributed by atoms with Gasteiger partial charge in [0, 0.05) is 21.7 Å². The number of benzene rings is 3. The molecule has 5 aromatic rings. The third kappa shape index (κ3) is 5.91. The Morgan fingerprint density at radius 3 is 2.50 bits per heavy atom. The molecule has 0 saturated carbocycles. The molecular formula is C33H29ClN4O5S. The highest BCUT2D eigenvalue weighted by Crippen LogP contribution is 2.50. The number of para-hydroxylation sites is 1. The molecule has 1 aliphatic rings. The van der Waals surface area contributed by atoms with Gasteiger partial charge in [0.1, 0.15) is 29.6 Å². The van der Waals surface area contributed by atoms with Gasteiger partial charge in [-0.1, -0.05) is 41.9 Å². The zero-order chi connectivity index (χ0) is 30.6. The molecule has 3 heterocycles. The molecule has 1 atom stereocenters. The number of nitrogens with zero attached hydrogens (tertiary/aromatic N) is 3. The lowest BCUT2D eigenvalue weighted by molar-refractivity contribution is -0.123. The summed E-state index contributed by atoms with van der Waals surface area (Å²) in [5.41, 5.74) is 3.84. The molecule has 0 saturated heterocycles. The van der Waals surface area contributed by atoms with Gasteiger partial charge < -0.3 is 19.2 Å². The standard InChI is InChI=1S/C33H29ClN4O5S/c1-41-24-15-13-23(14-16-24)38-33-30(31(36-38)21-9-11-22(34)12-10-21)32(26-7-3-4-8-27(26)42-2)44-20-29(40)37(33)19-28(39)35-18-25-6-5-17-43-25/h3-17,32H,18-20H2,1-2H3,(H,35,39)/t32-/m0/s1. The normalized spacial score (nSPS) is 14.6. The first-order chi connectivity index (χ1) is 21.5. The minimum atomic E-state index is -0.348. The average molecular weight is 629 g/mol. The molecular weight excluding hydrogens is 600 g/mol. The Morgan fingerprint density at radius 2 is 1.80 bits per heavy atom. The van der Waals surface area contributed by atoms with E-state index in [1.165, 1.54) is 16.7 Å². The van der Waals surface area contributed by atoms with Crippen LogP contribution in [-0.2, 0) is 16.1 Å². The van der Waals surface area contributed by atoms with E-state index in [1.54, 1.807) is 37.3 Å². The van der Waals surface area contributed by atoms with Gasteiger partial charge in [-0.25, -0.2) is 4.68 Å². The van der Waals surface area contributed by atoms with E-state index in [4.69, 9.17) is 30.6 Å². The maximum Gasteiger partial charge on any atom is 0.240 e. The van der Waals surface area contributed by atoms with Crippen molar-refractivity contribution >= 4 is 41.0 Å². The van der Waals surface area contributed by atoms with E-state index >= 15 is 0 Å². The van der Waals surface area contributed by atoms with Crippen LogP contribution in [0.2, 0.25) is 5.02 Å². The summed E-state index contributed by atoms with van der Waals surface area (Å²) in [6.07, 6.45) is 1.55. The number of methoxy groups -OCH3 is 2. The number of nitrogens with one attached hydrogen (secondary N) is 1. The second kappa shape index (κ2) is 12.9. The molecule has 11 heteroatoms. The van der Waals surface area contributed by atoms with Crippen LogP contribution in [0, 0.1) is 0 Å². The lowest BCUT2D eigenvalue weighted by Gasteiger charge is -2.23. The van der Waals surface area contributed by atoms with Crippen molar-refractivity contribution in [2.45, 2.75) is 11.8 Å². The molecule has 3 aromatic carbocycles. The highest BCUT2D eigenvalue weighted by atomic mass is 35.5. The summed E-state index contributed by atoms with van der Waals surface area (Å²) in [4.78, 5) is 28.8. The minimum absolute atomic E-state index is 0.130. The van der Waals surface area contributed by atoms with E-state index in [0.717, 1.165) is 16.7 Å². The SMILES string of the molecule is COc1ccc(-n2nc(-c3ccc(Cl)cc3)c3c2N(CC(=O)NCc2ccco2)C(=O)CS[C@H]3c2ccccc2OC)cc1. The zero-order valence-corrected chi connectivity index (χ0v) is 25.6. The van der Waals surface area contributed by atoms with Crippen LogP contribution in [-0.4, -0.2) is 48.1 Å². The molecule has 2 amide bonds. The minimum Gasteiger partial charge on any atom is -0.497 e. The summed E-state index contributed by atoms with van der Waals surface area (Å²) >= 11 is 7.74. The first-order valence-corrected chi connectivity index (χ1v) is 15.3. The quantitative estimate of drug-likeness (QED) is 0.205. The Kier molecular flexibility index (Phi) is 8.63. The lowest BCUT2D eigenvalue weighted by Crippen LogP contribution is -2.42. The first-order valence-electron chi connectivity index (χ1n) is 13.8. The van der Waals surface area contributed by atoms with Crippen LogP contribution in [0.25, 0.3) is 16.9 Å².